The van der Waals surface area contributed by atoms with Gasteiger partial charge in [-0.15, -0.1) is 0 Å². The molecular formula is C27H30ClN5O6S. The van der Waals surface area contributed by atoms with E-state index in [1.54, 1.807) is 25.1 Å². The van der Waals surface area contributed by atoms with Gasteiger partial charge in [-0.25, -0.2) is 13.4 Å². The first kappa shape index (κ1) is 29.4. The zero-order valence-electron chi connectivity index (χ0n) is 22.2. The largest absolute Gasteiger partial charge is 0.486 e. The van der Waals surface area contributed by atoms with Crippen LogP contribution in [0.5, 0.6) is 5.75 Å². The summed E-state index contributed by atoms with van der Waals surface area (Å²) in [6.45, 7) is 3.43. The minimum atomic E-state index is -3.90. The molecule has 1 aliphatic heterocycles. The lowest BCUT2D eigenvalue weighted by Crippen LogP contribution is -2.50. The number of sulfonamides is 1. The van der Waals surface area contributed by atoms with Crippen molar-refractivity contribution in [3.8, 4) is 5.75 Å². The molecular weight excluding hydrogens is 558 g/mol. The normalized spacial score (nSPS) is 18.4. The molecule has 0 fully saturated rings. The van der Waals surface area contributed by atoms with E-state index in [0.717, 1.165) is 0 Å². The molecule has 2 amide bonds. The fourth-order valence-corrected chi connectivity index (χ4v) is 5.61. The molecule has 2 N–H and O–H groups in total. The lowest BCUT2D eigenvalue weighted by Gasteiger charge is -2.38. The average molecular weight is 588 g/mol. The number of aromatic nitrogens is 2. The van der Waals surface area contributed by atoms with Crippen molar-refractivity contribution in [1.82, 2.24) is 19.2 Å². The number of hydrogen-bond acceptors (Lipinski definition) is 8. The Labute approximate surface area is 237 Å². The van der Waals surface area contributed by atoms with Gasteiger partial charge in [0.2, 0.25) is 10.0 Å². The van der Waals surface area contributed by atoms with E-state index in [2.05, 4.69) is 15.3 Å². The lowest BCUT2D eigenvalue weighted by molar-refractivity contribution is 0.0388. The number of nitrogens with zero attached hydrogens (tertiary/aromatic N) is 4. The van der Waals surface area contributed by atoms with Crippen LogP contribution in [0.2, 0.25) is 5.02 Å². The smallest absolute Gasteiger partial charge is 0.275 e. The summed E-state index contributed by atoms with van der Waals surface area (Å²) in [7, 11) is -2.45. The summed E-state index contributed by atoms with van der Waals surface area (Å²) in [6.07, 6.45) is 3.39. The van der Waals surface area contributed by atoms with Crippen LogP contribution >= 0.6 is 11.6 Å². The zero-order valence-corrected chi connectivity index (χ0v) is 23.8. The summed E-state index contributed by atoms with van der Waals surface area (Å²) >= 11 is 5.93. The number of carbonyl (C=O) groups excluding carboxylic acids is 2. The number of hydrogen-bond donors (Lipinski definition) is 2. The van der Waals surface area contributed by atoms with Gasteiger partial charge in [-0.3, -0.25) is 14.6 Å². The van der Waals surface area contributed by atoms with Gasteiger partial charge in [-0.05, 0) is 43.3 Å². The molecule has 0 aliphatic carbocycles. The van der Waals surface area contributed by atoms with Crippen LogP contribution in [0, 0.1) is 5.92 Å². The lowest BCUT2D eigenvalue weighted by atomic mass is 9.99. The van der Waals surface area contributed by atoms with Gasteiger partial charge in [0.1, 0.15) is 11.8 Å². The third kappa shape index (κ3) is 6.25. The van der Waals surface area contributed by atoms with Gasteiger partial charge in [0.05, 0.1) is 41.5 Å². The minimum absolute atomic E-state index is 0.0616. The number of amides is 2. The van der Waals surface area contributed by atoms with E-state index < -0.39 is 28.1 Å². The highest BCUT2D eigenvalue weighted by Gasteiger charge is 2.36. The highest BCUT2D eigenvalue weighted by atomic mass is 35.5. The van der Waals surface area contributed by atoms with Gasteiger partial charge in [0.15, 0.2) is 5.75 Å². The quantitative estimate of drug-likeness (QED) is 0.410. The van der Waals surface area contributed by atoms with Crippen LogP contribution in [-0.4, -0.2) is 83.4 Å². The van der Waals surface area contributed by atoms with E-state index in [1.807, 2.05) is 6.92 Å². The highest BCUT2D eigenvalue weighted by molar-refractivity contribution is 7.89. The van der Waals surface area contributed by atoms with E-state index in [4.69, 9.17) is 16.3 Å². The molecule has 0 saturated heterocycles. The van der Waals surface area contributed by atoms with E-state index in [1.165, 1.54) is 59.1 Å². The first-order valence-corrected chi connectivity index (χ1v) is 14.4. The summed E-state index contributed by atoms with van der Waals surface area (Å²) in [4.78, 5) is 36.0. The van der Waals surface area contributed by atoms with E-state index >= 15 is 0 Å². The number of fused-ring (bicyclic) bond motifs is 1. The van der Waals surface area contributed by atoms with Crippen molar-refractivity contribution in [3.05, 3.63) is 77.3 Å². The van der Waals surface area contributed by atoms with E-state index in [9.17, 15) is 23.1 Å². The van der Waals surface area contributed by atoms with E-state index in [0.29, 0.717) is 5.02 Å². The average Bonchev–Trinajstić information content (AvgIpc) is 2.95. The molecule has 11 nitrogen and oxygen atoms in total. The molecule has 0 bridgehead atoms. The molecule has 212 valence electrons. The third-order valence-electron chi connectivity index (χ3n) is 6.69. The summed E-state index contributed by atoms with van der Waals surface area (Å²) in [6, 6.07) is 10.1. The van der Waals surface area contributed by atoms with E-state index in [-0.39, 0.29) is 59.1 Å². The fourth-order valence-electron chi connectivity index (χ4n) is 4.30. The predicted octanol–water partition coefficient (Wildman–Crippen LogP) is 2.92. The SMILES string of the molecule is C[C@H]1CN([C@@H](C)CO)C(=O)c2cccc(NC(=O)c3cnccn3)c2O[C@@H]1CN(C)S(=O)(=O)c1ccc(Cl)cc1. The molecule has 0 unspecified atom stereocenters. The number of anilines is 1. The maximum Gasteiger partial charge on any atom is 0.275 e. The molecule has 1 aliphatic rings. The number of halogens is 1. The Kier molecular flexibility index (Phi) is 9.04. The maximum atomic E-state index is 13.6. The van der Waals surface area contributed by atoms with Crippen LogP contribution < -0.4 is 10.1 Å². The number of para-hydroxylation sites is 1. The Morgan fingerprint density at radius 2 is 1.98 bits per heavy atom. The Morgan fingerprint density at radius 3 is 2.62 bits per heavy atom. The first-order valence-electron chi connectivity index (χ1n) is 12.5. The van der Waals surface area contributed by atoms with Gasteiger partial charge in [0.25, 0.3) is 11.8 Å². The van der Waals surface area contributed by atoms with Crippen molar-refractivity contribution in [2.45, 2.75) is 30.9 Å². The van der Waals surface area contributed by atoms with Gasteiger partial charge in [-0.2, -0.15) is 4.31 Å². The minimum Gasteiger partial charge on any atom is -0.486 e. The molecule has 2 aromatic carbocycles. The second-order valence-corrected chi connectivity index (χ2v) is 12.1. The summed E-state index contributed by atoms with van der Waals surface area (Å²) in [5.41, 5.74) is 0.435. The number of ether oxygens (including phenoxy) is 1. The monoisotopic (exact) mass is 587 g/mol. The molecule has 40 heavy (non-hydrogen) atoms. The number of nitrogens with one attached hydrogen (secondary N) is 1. The van der Waals surface area contributed by atoms with Crippen LogP contribution in [0.3, 0.4) is 0 Å². The van der Waals surface area contributed by atoms with Crippen LogP contribution in [0.1, 0.15) is 34.7 Å². The number of aliphatic hydroxyl groups excluding tert-OH is 1. The van der Waals surface area contributed by atoms with Crippen LogP contribution in [0.25, 0.3) is 0 Å². The van der Waals surface area contributed by atoms with Gasteiger partial charge >= 0.3 is 0 Å². The molecule has 0 spiro atoms. The molecule has 0 saturated carbocycles. The molecule has 4 rings (SSSR count). The highest BCUT2D eigenvalue weighted by Crippen LogP contribution is 2.35. The maximum absolute atomic E-state index is 13.6. The Balaban J connectivity index is 1.72. The number of benzene rings is 2. The van der Waals surface area contributed by atoms with Crippen LogP contribution in [0.15, 0.2) is 66.0 Å². The van der Waals surface area contributed by atoms with Crippen molar-refractivity contribution >= 4 is 39.1 Å². The molecule has 2 heterocycles. The molecule has 0 radical (unpaired) electrons. The standard InChI is InChI=1S/C27H30ClN5O6S/c1-17-14-33(18(2)16-34)27(36)21-5-4-6-22(31-26(35)23-13-29-11-12-30-23)25(21)39-24(17)15-32(3)40(37,38)20-9-7-19(28)8-10-20/h4-13,17-18,24,34H,14-16H2,1-3H3,(H,31,35)/t17-,18-,24+/m0/s1. The summed E-state index contributed by atoms with van der Waals surface area (Å²) in [5.74, 6) is -1.22. The van der Waals surface area contributed by atoms with Crippen molar-refractivity contribution < 1.29 is 27.9 Å². The Morgan fingerprint density at radius 1 is 1.25 bits per heavy atom. The fraction of sp³-hybridized carbons (Fsp3) is 0.333. The number of likely N-dealkylation sites (N-methyl/N-ethyl adjacent to an activating group) is 1. The molecule has 13 heteroatoms. The Hall–Kier alpha value is -3.58. The van der Waals surface area contributed by atoms with Crippen molar-refractivity contribution in [1.29, 1.82) is 0 Å². The van der Waals surface area contributed by atoms with Crippen molar-refractivity contribution in [2.24, 2.45) is 5.92 Å². The zero-order chi connectivity index (χ0) is 29.0. The van der Waals surface area contributed by atoms with Crippen LogP contribution in [-0.2, 0) is 10.0 Å². The van der Waals surface area contributed by atoms with Crippen molar-refractivity contribution in [3.63, 3.8) is 0 Å². The molecule has 3 atom stereocenters. The van der Waals surface area contributed by atoms with Gasteiger partial charge in [-0.1, -0.05) is 24.6 Å². The van der Waals surface area contributed by atoms with Gasteiger partial charge < -0.3 is 20.1 Å². The Bertz CT molecular complexity index is 1470. The number of aliphatic hydroxyl groups is 1. The van der Waals surface area contributed by atoms with Gasteiger partial charge in [0, 0.05) is 36.9 Å². The summed E-state index contributed by atoms with van der Waals surface area (Å²) < 4.78 is 34.2. The number of carbonyl (C=O) groups is 2. The third-order valence-corrected chi connectivity index (χ3v) is 8.78. The predicted molar refractivity (Wildman–Crippen MR) is 149 cm³/mol. The first-order chi connectivity index (χ1) is 19.0. The second kappa shape index (κ2) is 12.3. The topological polar surface area (TPSA) is 142 Å². The van der Waals surface area contributed by atoms with Crippen molar-refractivity contribution in [2.75, 3.05) is 32.1 Å². The van der Waals surface area contributed by atoms with Crippen LogP contribution in [0.4, 0.5) is 5.69 Å². The second-order valence-electron chi connectivity index (χ2n) is 9.59. The molecule has 3 aromatic rings. The molecule has 1 aromatic heterocycles. The number of rotatable bonds is 8. The summed E-state index contributed by atoms with van der Waals surface area (Å²) in [5, 5.41) is 13.0.